The molecule has 2 heterocycles. The van der Waals surface area contributed by atoms with Gasteiger partial charge in [0.2, 0.25) is 0 Å². The summed E-state index contributed by atoms with van der Waals surface area (Å²) in [5.74, 6) is 0. The van der Waals surface area contributed by atoms with E-state index in [4.69, 9.17) is 0 Å². The van der Waals surface area contributed by atoms with Crippen LogP contribution in [0.1, 0.15) is 22.3 Å². The molecule has 0 bridgehead atoms. The Morgan fingerprint density at radius 3 is 1.49 bits per heavy atom. The molecule has 15 rings (SSSR count). The highest BCUT2D eigenvalue weighted by atomic mass is 15.0. The normalized spacial score (nSPS) is 13.0. The van der Waals surface area contributed by atoms with Gasteiger partial charge < -0.3 is 9.13 Å². The Labute approximate surface area is 400 Å². The van der Waals surface area contributed by atoms with Gasteiger partial charge in [-0.15, -0.1) is 0 Å². The van der Waals surface area contributed by atoms with Crippen LogP contribution < -0.4 is 0 Å². The number of benzene rings is 11. The fraction of sp³-hybridized carbons (Fsp3) is 0.0149. The molecule has 2 aliphatic carbocycles. The number of rotatable bonds is 5. The molecule has 320 valence electrons. The van der Waals surface area contributed by atoms with Crippen molar-refractivity contribution in [3.63, 3.8) is 0 Å². The van der Waals surface area contributed by atoms with Gasteiger partial charge in [-0.2, -0.15) is 0 Å². The van der Waals surface area contributed by atoms with Gasteiger partial charge in [-0.1, -0.05) is 200 Å². The quantitative estimate of drug-likeness (QED) is 0.163. The van der Waals surface area contributed by atoms with Crippen molar-refractivity contribution in [2.45, 2.75) is 5.41 Å². The molecule has 2 aliphatic rings. The molecule has 0 radical (unpaired) electrons. The van der Waals surface area contributed by atoms with Crippen LogP contribution in [0.15, 0.2) is 255 Å². The third-order valence-corrected chi connectivity index (χ3v) is 15.3. The van der Waals surface area contributed by atoms with Gasteiger partial charge in [-0.05, 0) is 127 Å². The zero-order chi connectivity index (χ0) is 45.2. The fourth-order valence-electron chi connectivity index (χ4n) is 12.5. The molecule has 1 spiro atoms. The molecule has 69 heavy (non-hydrogen) atoms. The minimum Gasteiger partial charge on any atom is -0.309 e. The lowest BCUT2D eigenvalue weighted by Gasteiger charge is -2.31. The molecular formula is C67H42N2. The van der Waals surface area contributed by atoms with Crippen molar-refractivity contribution in [3.05, 3.63) is 277 Å². The van der Waals surface area contributed by atoms with Crippen LogP contribution in [0, 0.1) is 0 Å². The van der Waals surface area contributed by atoms with Crippen molar-refractivity contribution < 1.29 is 0 Å². The van der Waals surface area contributed by atoms with Crippen molar-refractivity contribution in [3.8, 4) is 67.0 Å². The first kappa shape index (κ1) is 38.2. The maximum Gasteiger partial charge on any atom is 0.0746 e. The van der Waals surface area contributed by atoms with E-state index < -0.39 is 5.41 Å². The first-order valence-electron chi connectivity index (χ1n) is 24.0. The average Bonchev–Trinajstić information content (AvgIpc) is 4.13. The summed E-state index contributed by atoms with van der Waals surface area (Å²) in [4.78, 5) is 0. The fourth-order valence-corrected chi connectivity index (χ4v) is 12.5. The standard InChI is InChI=1S/C67H42N2/c1-3-17-43(18-4-1)45-19-15-20-46(41-45)47-35-40-62-57(42-47)55-39-38-54-53-25-9-13-30-60(53)67(58-28-11-7-23-51(58)52-24-8-12-29-59(52)67)65(54)66(55)69(62)49-36-33-44(34-37-49)50-27-16-32-63-64(50)56-26-10-14-31-61(56)68(63)48-21-5-2-6-22-48/h1-42H. The van der Waals surface area contributed by atoms with Gasteiger partial charge in [0.05, 0.1) is 27.5 Å². The summed E-state index contributed by atoms with van der Waals surface area (Å²) in [7, 11) is 0. The van der Waals surface area contributed by atoms with E-state index >= 15 is 0 Å². The SMILES string of the molecule is c1ccc(-c2cccc(-c3ccc4c(c3)c3ccc5c(c3n4-c3ccc(-c4cccc6c4c4ccccc4n6-c4ccccc4)cc3)C3(c4ccccc4-c4ccccc43)c3ccccc3-5)c2)cc1. The van der Waals surface area contributed by atoms with Crippen molar-refractivity contribution in [2.75, 3.05) is 0 Å². The highest BCUT2D eigenvalue weighted by Crippen LogP contribution is 2.64. The molecule has 0 fully saturated rings. The molecule has 11 aromatic carbocycles. The Morgan fingerprint density at radius 1 is 0.261 bits per heavy atom. The van der Waals surface area contributed by atoms with Crippen LogP contribution >= 0.6 is 0 Å². The van der Waals surface area contributed by atoms with E-state index in [1.807, 2.05) is 0 Å². The lowest BCUT2D eigenvalue weighted by molar-refractivity contribution is 0.797. The molecule has 2 heteroatoms. The zero-order valence-corrected chi connectivity index (χ0v) is 37.6. The summed E-state index contributed by atoms with van der Waals surface area (Å²) in [6, 6.07) is 94.8. The molecule has 0 unspecified atom stereocenters. The molecule has 0 amide bonds. The van der Waals surface area contributed by atoms with E-state index in [2.05, 4.69) is 264 Å². The highest BCUT2D eigenvalue weighted by molar-refractivity contribution is 6.17. The zero-order valence-electron chi connectivity index (χ0n) is 37.6. The molecule has 0 N–H and O–H groups in total. The van der Waals surface area contributed by atoms with Crippen LogP contribution in [-0.2, 0) is 5.41 Å². The highest BCUT2D eigenvalue weighted by Gasteiger charge is 2.53. The first-order chi connectivity index (χ1) is 34.3. The molecule has 13 aromatic rings. The Morgan fingerprint density at radius 2 is 0.768 bits per heavy atom. The molecule has 0 aliphatic heterocycles. The second-order valence-corrected chi connectivity index (χ2v) is 18.7. The van der Waals surface area contributed by atoms with E-state index in [0.29, 0.717) is 0 Å². The molecular weight excluding hydrogens is 833 g/mol. The van der Waals surface area contributed by atoms with Crippen LogP contribution in [0.4, 0.5) is 0 Å². The van der Waals surface area contributed by atoms with Gasteiger partial charge >= 0.3 is 0 Å². The van der Waals surface area contributed by atoms with Crippen molar-refractivity contribution in [1.82, 2.24) is 9.13 Å². The van der Waals surface area contributed by atoms with Crippen LogP contribution in [0.25, 0.3) is 111 Å². The number of hydrogen-bond acceptors (Lipinski definition) is 0. The van der Waals surface area contributed by atoms with Crippen LogP contribution in [0.5, 0.6) is 0 Å². The average molecular weight is 875 g/mol. The topological polar surface area (TPSA) is 9.86 Å². The van der Waals surface area contributed by atoms with Gasteiger partial charge in [0.15, 0.2) is 0 Å². The molecule has 2 nitrogen and oxygen atoms in total. The lowest BCUT2D eigenvalue weighted by Crippen LogP contribution is -2.26. The molecule has 0 saturated carbocycles. The number of aromatic nitrogens is 2. The summed E-state index contributed by atoms with van der Waals surface area (Å²) in [6.07, 6.45) is 0. The Kier molecular flexibility index (Phi) is 8.02. The second kappa shape index (κ2) is 14.5. The Bertz CT molecular complexity index is 4160. The van der Waals surface area contributed by atoms with Gasteiger partial charge in [0, 0.05) is 38.5 Å². The monoisotopic (exact) mass is 874 g/mol. The predicted octanol–water partition coefficient (Wildman–Crippen LogP) is 17.2. The van der Waals surface area contributed by atoms with Gasteiger partial charge in [-0.25, -0.2) is 0 Å². The second-order valence-electron chi connectivity index (χ2n) is 18.7. The molecule has 0 saturated heterocycles. The number of fused-ring (bicyclic) bond motifs is 17. The molecule has 2 aromatic heterocycles. The Balaban J connectivity index is 1.00. The van der Waals surface area contributed by atoms with E-state index in [9.17, 15) is 0 Å². The number of hydrogen-bond donors (Lipinski definition) is 0. The summed E-state index contributed by atoms with van der Waals surface area (Å²) >= 11 is 0. The minimum atomic E-state index is -0.514. The van der Waals surface area contributed by atoms with Gasteiger partial charge in [0.1, 0.15) is 0 Å². The molecule has 0 atom stereocenters. The minimum absolute atomic E-state index is 0.514. The van der Waals surface area contributed by atoms with Crippen LogP contribution in [0.3, 0.4) is 0 Å². The summed E-state index contributed by atoms with van der Waals surface area (Å²) < 4.78 is 4.98. The van der Waals surface area contributed by atoms with Crippen LogP contribution in [0.2, 0.25) is 0 Å². The van der Waals surface area contributed by atoms with E-state index in [0.717, 1.165) is 11.4 Å². The van der Waals surface area contributed by atoms with Crippen molar-refractivity contribution >= 4 is 43.6 Å². The summed E-state index contributed by atoms with van der Waals surface area (Å²) in [5.41, 5.74) is 24.5. The van der Waals surface area contributed by atoms with Crippen molar-refractivity contribution in [2.24, 2.45) is 0 Å². The lowest BCUT2D eigenvalue weighted by atomic mass is 9.70. The number of nitrogens with zero attached hydrogens (tertiary/aromatic N) is 2. The van der Waals surface area contributed by atoms with Gasteiger partial charge in [-0.3, -0.25) is 0 Å². The largest absolute Gasteiger partial charge is 0.309 e. The predicted molar refractivity (Wildman–Crippen MR) is 288 cm³/mol. The maximum absolute atomic E-state index is 2.58. The van der Waals surface area contributed by atoms with Gasteiger partial charge in [0.25, 0.3) is 0 Å². The van der Waals surface area contributed by atoms with Crippen molar-refractivity contribution in [1.29, 1.82) is 0 Å². The van der Waals surface area contributed by atoms with E-state index in [-0.39, 0.29) is 0 Å². The Hall–Kier alpha value is -8.98. The third-order valence-electron chi connectivity index (χ3n) is 15.3. The maximum atomic E-state index is 2.58. The number of para-hydroxylation sites is 2. The van der Waals surface area contributed by atoms with E-state index in [1.165, 1.54) is 122 Å². The van der Waals surface area contributed by atoms with Crippen LogP contribution in [-0.4, -0.2) is 9.13 Å². The summed E-state index contributed by atoms with van der Waals surface area (Å²) in [5, 5.41) is 5.01. The smallest absolute Gasteiger partial charge is 0.0746 e. The first-order valence-corrected chi connectivity index (χ1v) is 24.0. The van der Waals surface area contributed by atoms with E-state index in [1.54, 1.807) is 0 Å². The summed E-state index contributed by atoms with van der Waals surface area (Å²) in [6.45, 7) is 0. The third kappa shape index (κ3) is 5.26.